The summed E-state index contributed by atoms with van der Waals surface area (Å²) in [6, 6.07) is 25.2. The molecule has 3 rings (SSSR count). The zero-order chi connectivity index (χ0) is 20.5. The molecule has 0 bridgehead atoms. The molecule has 148 valence electrons. The largest absolute Gasteiger partial charge is 0.494 e. The summed E-state index contributed by atoms with van der Waals surface area (Å²) in [5, 5.41) is 3.99. The Morgan fingerprint density at radius 3 is 2.21 bits per heavy atom. The van der Waals surface area contributed by atoms with Crippen LogP contribution in [0.1, 0.15) is 19.4 Å². The van der Waals surface area contributed by atoms with Crippen LogP contribution in [0.5, 0.6) is 11.5 Å². The van der Waals surface area contributed by atoms with Crippen LogP contribution in [0.15, 0.2) is 84.0 Å². The molecule has 1 N–H and O–H groups in total. The lowest BCUT2D eigenvalue weighted by molar-refractivity contribution is -0.127. The predicted octanol–water partition coefficient (Wildman–Crippen LogP) is 4.67. The van der Waals surface area contributed by atoms with Crippen molar-refractivity contribution in [3.63, 3.8) is 0 Å². The van der Waals surface area contributed by atoms with Gasteiger partial charge in [-0.15, -0.1) is 0 Å². The van der Waals surface area contributed by atoms with Gasteiger partial charge in [0.05, 0.1) is 12.8 Å². The van der Waals surface area contributed by atoms with Crippen molar-refractivity contribution < 1.29 is 14.3 Å². The minimum atomic E-state index is -0.671. The Hall–Kier alpha value is -3.60. The summed E-state index contributed by atoms with van der Waals surface area (Å²) < 4.78 is 11.1. The fourth-order valence-electron chi connectivity index (χ4n) is 2.69. The molecule has 5 nitrogen and oxygen atoms in total. The molecular weight excluding hydrogens is 364 g/mol. The molecule has 0 heterocycles. The van der Waals surface area contributed by atoms with Gasteiger partial charge in [0.25, 0.3) is 5.91 Å². The molecule has 0 aliphatic carbocycles. The summed E-state index contributed by atoms with van der Waals surface area (Å²) in [6.07, 6.45) is 0.907. The molecule has 0 spiro atoms. The topological polar surface area (TPSA) is 59.9 Å². The highest BCUT2D eigenvalue weighted by Gasteiger charge is 2.13. The van der Waals surface area contributed by atoms with Gasteiger partial charge in [-0.25, -0.2) is 5.43 Å². The highest BCUT2D eigenvalue weighted by molar-refractivity contribution is 5.84. The zero-order valence-electron chi connectivity index (χ0n) is 16.5. The minimum absolute atomic E-state index is 0.320. The number of amides is 1. The normalized spacial score (nSPS) is 11.8. The van der Waals surface area contributed by atoms with Gasteiger partial charge in [0.1, 0.15) is 11.5 Å². The van der Waals surface area contributed by atoms with Gasteiger partial charge in [0.15, 0.2) is 6.10 Å². The van der Waals surface area contributed by atoms with Gasteiger partial charge in [-0.3, -0.25) is 4.79 Å². The molecule has 0 saturated carbocycles. The fourth-order valence-corrected chi connectivity index (χ4v) is 2.69. The lowest BCUT2D eigenvalue weighted by Gasteiger charge is -2.13. The third kappa shape index (κ3) is 5.94. The van der Waals surface area contributed by atoms with E-state index in [0.717, 1.165) is 22.4 Å². The number of rotatable bonds is 8. The molecule has 29 heavy (non-hydrogen) atoms. The van der Waals surface area contributed by atoms with Crippen molar-refractivity contribution in [2.75, 3.05) is 6.61 Å². The van der Waals surface area contributed by atoms with Gasteiger partial charge in [-0.1, -0.05) is 42.5 Å². The smallest absolute Gasteiger partial charge is 0.280 e. The van der Waals surface area contributed by atoms with E-state index in [4.69, 9.17) is 9.47 Å². The summed E-state index contributed by atoms with van der Waals surface area (Å²) in [5.41, 5.74) is 5.59. The highest BCUT2D eigenvalue weighted by Crippen LogP contribution is 2.22. The standard InChI is InChI=1S/C24H24N2O3/c1-3-28-22-13-9-19(10-14-22)17-25-26-24(27)18(2)29-23-15-11-21(12-16-23)20-7-5-4-6-8-20/h4-18H,3H2,1-2H3,(H,26,27)/b25-17+. The Bertz CT molecular complexity index is 936. The maximum Gasteiger partial charge on any atom is 0.280 e. The highest BCUT2D eigenvalue weighted by atomic mass is 16.5. The van der Waals surface area contributed by atoms with E-state index in [1.54, 1.807) is 13.1 Å². The van der Waals surface area contributed by atoms with Gasteiger partial charge >= 0.3 is 0 Å². The molecule has 0 aromatic heterocycles. The van der Waals surface area contributed by atoms with Gasteiger partial charge < -0.3 is 9.47 Å². The van der Waals surface area contributed by atoms with Gasteiger partial charge in [0.2, 0.25) is 0 Å². The van der Waals surface area contributed by atoms with Crippen LogP contribution in [-0.4, -0.2) is 24.8 Å². The molecule has 3 aromatic carbocycles. The Kier molecular flexibility index (Phi) is 7.00. The Labute approximate surface area is 171 Å². The van der Waals surface area contributed by atoms with E-state index in [-0.39, 0.29) is 5.91 Å². The lowest BCUT2D eigenvalue weighted by Crippen LogP contribution is -2.33. The second-order valence-corrected chi connectivity index (χ2v) is 6.39. The molecule has 1 atom stereocenters. The Morgan fingerprint density at radius 1 is 0.931 bits per heavy atom. The van der Waals surface area contributed by atoms with E-state index in [2.05, 4.69) is 10.5 Å². The molecule has 0 saturated heterocycles. The molecule has 0 aliphatic heterocycles. The molecular formula is C24H24N2O3. The van der Waals surface area contributed by atoms with Crippen LogP contribution < -0.4 is 14.9 Å². The number of hydrogen-bond acceptors (Lipinski definition) is 4. The van der Waals surface area contributed by atoms with Crippen molar-refractivity contribution in [3.05, 3.63) is 84.4 Å². The van der Waals surface area contributed by atoms with Crippen LogP contribution in [0.25, 0.3) is 11.1 Å². The molecule has 0 radical (unpaired) electrons. The maximum atomic E-state index is 12.2. The number of hydrazone groups is 1. The van der Waals surface area contributed by atoms with Crippen molar-refractivity contribution >= 4 is 12.1 Å². The lowest BCUT2D eigenvalue weighted by atomic mass is 10.1. The second kappa shape index (κ2) is 10.1. The molecule has 3 aromatic rings. The molecule has 1 amide bonds. The van der Waals surface area contributed by atoms with Crippen LogP contribution in [0.4, 0.5) is 0 Å². The Balaban J connectivity index is 1.51. The first-order chi connectivity index (χ1) is 14.2. The first-order valence-corrected chi connectivity index (χ1v) is 9.53. The predicted molar refractivity (Wildman–Crippen MR) is 115 cm³/mol. The van der Waals surface area contributed by atoms with Crippen molar-refractivity contribution in [2.45, 2.75) is 20.0 Å². The van der Waals surface area contributed by atoms with Crippen molar-refractivity contribution in [1.82, 2.24) is 5.43 Å². The third-order valence-electron chi connectivity index (χ3n) is 4.22. The summed E-state index contributed by atoms with van der Waals surface area (Å²) in [7, 11) is 0. The molecule has 1 unspecified atom stereocenters. The van der Waals surface area contributed by atoms with E-state index in [1.807, 2.05) is 85.8 Å². The van der Waals surface area contributed by atoms with Crippen LogP contribution in [-0.2, 0) is 4.79 Å². The van der Waals surface area contributed by atoms with E-state index in [9.17, 15) is 4.79 Å². The van der Waals surface area contributed by atoms with Crippen LogP contribution in [0, 0.1) is 0 Å². The van der Waals surface area contributed by atoms with E-state index >= 15 is 0 Å². The average molecular weight is 388 g/mol. The van der Waals surface area contributed by atoms with Gasteiger partial charge in [-0.2, -0.15) is 5.10 Å². The van der Waals surface area contributed by atoms with Crippen molar-refractivity contribution in [2.24, 2.45) is 5.10 Å². The number of ether oxygens (including phenoxy) is 2. The number of benzene rings is 3. The molecule has 0 aliphatic rings. The quantitative estimate of drug-likeness (QED) is 0.451. The monoisotopic (exact) mass is 388 g/mol. The number of carbonyl (C=O) groups excluding carboxylic acids is 1. The number of nitrogens with one attached hydrogen (secondary N) is 1. The van der Waals surface area contributed by atoms with Crippen LogP contribution in [0.3, 0.4) is 0 Å². The van der Waals surface area contributed by atoms with E-state index in [1.165, 1.54) is 0 Å². The zero-order valence-corrected chi connectivity index (χ0v) is 16.5. The Morgan fingerprint density at radius 2 is 1.55 bits per heavy atom. The first kappa shape index (κ1) is 20.1. The third-order valence-corrected chi connectivity index (χ3v) is 4.22. The second-order valence-electron chi connectivity index (χ2n) is 6.39. The van der Waals surface area contributed by atoms with Gasteiger partial charge in [-0.05, 0) is 66.9 Å². The number of hydrogen-bond donors (Lipinski definition) is 1. The van der Waals surface area contributed by atoms with Crippen LogP contribution in [0.2, 0.25) is 0 Å². The average Bonchev–Trinajstić information content (AvgIpc) is 2.76. The summed E-state index contributed by atoms with van der Waals surface area (Å²) >= 11 is 0. The minimum Gasteiger partial charge on any atom is -0.494 e. The molecule has 5 heteroatoms. The van der Waals surface area contributed by atoms with E-state index < -0.39 is 6.10 Å². The summed E-state index contributed by atoms with van der Waals surface area (Å²) in [6.45, 7) is 4.25. The van der Waals surface area contributed by atoms with Crippen molar-refractivity contribution in [1.29, 1.82) is 0 Å². The number of nitrogens with zero attached hydrogens (tertiary/aromatic N) is 1. The van der Waals surface area contributed by atoms with Crippen LogP contribution >= 0.6 is 0 Å². The maximum absolute atomic E-state index is 12.2. The first-order valence-electron chi connectivity index (χ1n) is 9.53. The fraction of sp³-hybridized carbons (Fsp3) is 0.167. The van der Waals surface area contributed by atoms with E-state index in [0.29, 0.717) is 12.4 Å². The summed E-state index contributed by atoms with van der Waals surface area (Å²) in [4.78, 5) is 12.2. The van der Waals surface area contributed by atoms with Crippen molar-refractivity contribution in [3.8, 4) is 22.6 Å². The summed E-state index contributed by atoms with van der Waals surface area (Å²) in [5.74, 6) is 1.11. The SMILES string of the molecule is CCOc1ccc(/C=N/NC(=O)C(C)Oc2ccc(-c3ccccc3)cc2)cc1. The molecule has 0 fully saturated rings. The number of carbonyl (C=O) groups is 1. The van der Waals surface area contributed by atoms with Gasteiger partial charge in [0, 0.05) is 0 Å².